The van der Waals surface area contributed by atoms with E-state index in [9.17, 15) is 4.79 Å². The summed E-state index contributed by atoms with van der Waals surface area (Å²) in [6.07, 6.45) is 1.77. The summed E-state index contributed by atoms with van der Waals surface area (Å²) < 4.78 is 2.78. The first-order valence-corrected chi connectivity index (χ1v) is 5.95. The van der Waals surface area contributed by atoms with Gasteiger partial charge < -0.3 is 9.67 Å². The monoisotopic (exact) mass is 285 g/mol. The molecule has 2 rings (SSSR count). The van der Waals surface area contributed by atoms with E-state index in [2.05, 4.69) is 15.9 Å². The van der Waals surface area contributed by atoms with Crippen LogP contribution < -0.4 is 0 Å². The molecule has 1 N–H and O–H groups in total. The molecule has 0 aliphatic heterocycles. The molecule has 15 heavy (non-hydrogen) atoms. The van der Waals surface area contributed by atoms with Crippen molar-refractivity contribution in [1.29, 1.82) is 0 Å². The van der Waals surface area contributed by atoms with Gasteiger partial charge in [-0.1, -0.05) is 0 Å². The number of thiophene rings is 1. The third-order valence-electron chi connectivity index (χ3n) is 2.02. The number of carboxylic acids is 1. The first-order chi connectivity index (χ1) is 7.16. The average Bonchev–Trinajstić information content (AvgIpc) is 2.75. The van der Waals surface area contributed by atoms with Crippen molar-refractivity contribution in [2.45, 2.75) is 6.54 Å². The molecule has 0 aliphatic carbocycles. The Labute approximate surface area is 99.1 Å². The van der Waals surface area contributed by atoms with Crippen LogP contribution in [0.25, 0.3) is 0 Å². The molecule has 0 atom stereocenters. The van der Waals surface area contributed by atoms with Crippen LogP contribution in [0.1, 0.15) is 16.1 Å². The Morgan fingerprint density at radius 2 is 2.40 bits per heavy atom. The van der Waals surface area contributed by atoms with Gasteiger partial charge in [0, 0.05) is 12.7 Å². The van der Waals surface area contributed by atoms with Crippen LogP contribution in [0.15, 0.2) is 33.6 Å². The van der Waals surface area contributed by atoms with Crippen LogP contribution in [0.5, 0.6) is 0 Å². The molecule has 0 fully saturated rings. The van der Waals surface area contributed by atoms with Gasteiger partial charge in [-0.2, -0.15) is 0 Å². The third kappa shape index (κ3) is 2.30. The maximum absolute atomic E-state index is 10.9. The van der Waals surface area contributed by atoms with Gasteiger partial charge in [0.25, 0.3) is 0 Å². The van der Waals surface area contributed by atoms with Crippen LogP contribution in [0.4, 0.5) is 0 Å². The smallest absolute Gasteiger partial charge is 0.352 e. The minimum Gasteiger partial charge on any atom is -0.477 e. The zero-order valence-electron chi connectivity index (χ0n) is 7.68. The van der Waals surface area contributed by atoms with Crippen molar-refractivity contribution in [2.75, 3.05) is 0 Å². The highest BCUT2D eigenvalue weighted by molar-refractivity contribution is 9.11. The number of carbonyl (C=O) groups is 1. The molecule has 2 aromatic heterocycles. The highest BCUT2D eigenvalue weighted by Gasteiger charge is 2.09. The first kappa shape index (κ1) is 10.4. The Morgan fingerprint density at radius 1 is 1.60 bits per heavy atom. The number of aromatic nitrogens is 1. The molecule has 2 heterocycles. The number of halogens is 1. The molecule has 0 bridgehead atoms. The van der Waals surface area contributed by atoms with Crippen LogP contribution >= 0.6 is 27.3 Å². The van der Waals surface area contributed by atoms with Crippen LogP contribution in [0, 0.1) is 0 Å². The lowest BCUT2D eigenvalue weighted by atomic mass is 10.3. The highest BCUT2D eigenvalue weighted by Crippen LogP contribution is 2.21. The van der Waals surface area contributed by atoms with E-state index in [-0.39, 0.29) is 0 Å². The zero-order chi connectivity index (χ0) is 10.8. The third-order valence-corrected chi connectivity index (χ3v) is 3.58. The standard InChI is InChI=1S/C10H8BrNO2S/c11-9-4-7(6-15-9)5-12-3-1-2-8(12)10(13)14/h1-4,6H,5H2,(H,13,14). The zero-order valence-corrected chi connectivity index (χ0v) is 10.1. The molecular formula is C10H8BrNO2S. The average molecular weight is 286 g/mol. The molecule has 0 radical (unpaired) electrons. The van der Waals surface area contributed by atoms with Crippen molar-refractivity contribution in [3.8, 4) is 0 Å². The predicted molar refractivity (Wildman–Crippen MR) is 62.5 cm³/mol. The van der Waals surface area contributed by atoms with Crippen molar-refractivity contribution in [2.24, 2.45) is 0 Å². The second-order valence-corrected chi connectivity index (χ2v) is 5.38. The van der Waals surface area contributed by atoms with Gasteiger partial charge in [-0.25, -0.2) is 4.79 Å². The van der Waals surface area contributed by atoms with Crippen LogP contribution in [0.2, 0.25) is 0 Å². The van der Waals surface area contributed by atoms with Gasteiger partial charge in [0.1, 0.15) is 5.69 Å². The van der Waals surface area contributed by atoms with E-state index in [1.165, 1.54) is 0 Å². The number of carboxylic acid groups (broad SMARTS) is 1. The van der Waals surface area contributed by atoms with Crippen molar-refractivity contribution < 1.29 is 9.90 Å². The summed E-state index contributed by atoms with van der Waals surface area (Å²) in [7, 11) is 0. The van der Waals surface area contributed by atoms with Gasteiger partial charge in [-0.3, -0.25) is 0 Å². The summed E-state index contributed by atoms with van der Waals surface area (Å²) in [6, 6.07) is 5.34. The molecule has 78 valence electrons. The van der Waals surface area contributed by atoms with Gasteiger partial charge in [0.2, 0.25) is 0 Å². The highest BCUT2D eigenvalue weighted by atomic mass is 79.9. The maximum Gasteiger partial charge on any atom is 0.352 e. The molecule has 2 aromatic rings. The van der Waals surface area contributed by atoms with E-state index >= 15 is 0 Å². The predicted octanol–water partition coefficient (Wildman–Crippen LogP) is 3.06. The Kier molecular flexibility index (Phi) is 2.93. The van der Waals surface area contributed by atoms with Crippen molar-refractivity contribution >= 4 is 33.2 Å². The summed E-state index contributed by atoms with van der Waals surface area (Å²) in [5.74, 6) is -0.894. The molecular weight excluding hydrogens is 278 g/mol. The van der Waals surface area contributed by atoms with E-state index in [0.29, 0.717) is 12.2 Å². The summed E-state index contributed by atoms with van der Waals surface area (Å²) in [4.78, 5) is 10.9. The fourth-order valence-electron chi connectivity index (χ4n) is 1.37. The first-order valence-electron chi connectivity index (χ1n) is 4.28. The van der Waals surface area contributed by atoms with Gasteiger partial charge in [0.05, 0.1) is 3.79 Å². The summed E-state index contributed by atoms with van der Waals surface area (Å²) >= 11 is 4.97. The summed E-state index contributed by atoms with van der Waals surface area (Å²) in [5.41, 5.74) is 1.42. The van der Waals surface area contributed by atoms with Crippen molar-refractivity contribution in [3.05, 3.63) is 44.8 Å². The number of hydrogen-bond donors (Lipinski definition) is 1. The summed E-state index contributed by atoms with van der Waals surface area (Å²) in [5, 5.41) is 10.9. The fraction of sp³-hybridized carbons (Fsp3) is 0.100. The number of rotatable bonds is 3. The molecule has 3 nitrogen and oxygen atoms in total. The molecule has 0 saturated heterocycles. The Balaban J connectivity index is 2.24. The van der Waals surface area contributed by atoms with Gasteiger partial charge in [-0.15, -0.1) is 11.3 Å². The van der Waals surface area contributed by atoms with Crippen LogP contribution in [-0.4, -0.2) is 15.6 Å². The Hall–Kier alpha value is -1.07. The second kappa shape index (κ2) is 4.20. The molecule has 0 spiro atoms. The molecule has 0 saturated carbocycles. The van der Waals surface area contributed by atoms with Crippen LogP contribution in [-0.2, 0) is 6.54 Å². The van der Waals surface area contributed by atoms with E-state index < -0.39 is 5.97 Å². The van der Waals surface area contributed by atoms with Gasteiger partial charge in [-0.05, 0) is 45.1 Å². The molecule has 0 aliphatic rings. The van der Waals surface area contributed by atoms with Gasteiger partial charge >= 0.3 is 5.97 Å². The second-order valence-electron chi connectivity index (χ2n) is 3.09. The maximum atomic E-state index is 10.9. The topological polar surface area (TPSA) is 42.2 Å². The van der Waals surface area contributed by atoms with E-state index in [1.807, 2.05) is 11.4 Å². The lowest BCUT2D eigenvalue weighted by molar-refractivity contribution is 0.0686. The van der Waals surface area contributed by atoms with E-state index in [0.717, 1.165) is 9.35 Å². The molecule has 0 aromatic carbocycles. The number of hydrogen-bond acceptors (Lipinski definition) is 2. The molecule has 0 amide bonds. The number of nitrogens with zero attached hydrogens (tertiary/aromatic N) is 1. The summed E-state index contributed by atoms with van der Waals surface area (Å²) in [6.45, 7) is 0.594. The van der Waals surface area contributed by atoms with Gasteiger partial charge in [0.15, 0.2) is 0 Å². The quantitative estimate of drug-likeness (QED) is 0.942. The SMILES string of the molecule is O=C(O)c1cccn1Cc1csc(Br)c1. The number of aromatic carboxylic acids is 1. The Bertz CT molecular complexity index is 489. The Morgan fingerprint density at radius 3 is 3.00 bits per heavy atom. The molecule has 5 heteroatoms. The molecule has 0 unspecified atom stereocenters. The van der Waals surface area contributed by atoms with E-state index in [1.54, 1.807) is 34.2 Å². The van der Waals surface area contributed by atoms with Crippen molar-refractivity contribution in [3.63, 3.8) is 0 Å². The lowest BCUT2D eigenvalue weighted by Crippen LogP contribution is -2.07. The fourth-order valence-corrected chi connectivity index (χ4v) is 2.57. The van der Waals surface area contributed by atoms with Crippen molar-refractivity contribution in [1.82, 2.24) is 4.57 Å². The minimum atomic E-state index is -0.894. The van der Waals surface area contributed by atoms with E-state index in [4.69, 9.17) is 5.11 Å². The normalized spacial score (nSPS) is 10.5. The lowest BCUT2D eigenvalue weighted by Gasteiger charge is -2.03. The van der Waals surface area contributed by atoms with Crippen LogP contribution in [0.3, 0.4) is 0 Å². The largest absolute Gasteiger partial charge is 0.477 e. The minimum absolute atomic E-state index is 0.317.